The van der Waals surface area contributed by atoms with Crippen molar-refractivity contribution >= 4 is 40.1 Å². The van der Waals surface area contributed by atoms with Crippen LogP contribution in [-0.4, -0.2) is 5.97 Å². The van der Waals surface area contributed by atoms with Gasteiger partial charge in [-0.3, -0.25) is 0 Å². The number of hydrogen-bond donors (Lipinski definition) is 0. The van der Waals surface area contributed by atoms with Crippen LogP contribution in [0.5, 0.6) is 5.75 Å². The number of aryl methyl sites for hydroxylation is 5. The van der Waals surface area contributed by atoms with Crippen LogP contribution in [0.4, 0.5) is 34.1 Å². The number of carbonyl (C=O) groups is 1. The molecule has 1 saturated carbocycles. The Labute approximate surface area is 410 Å². The zero-order chi connectivity index (χ0) is 48.5. The number of anilines is 6. The van der Waals surface area contributed by atoms with E-state index in [1.54, 1.807) is 6.92 Å². The van der Waals surface area contributed by atoms with Crippen molar-refractivity contribution in [1.82, 2.24) is 0 Å². The van der Waals surface area contributed by atoms with Gasteiger partial charge in [0.05, 0.1) is 0 Å². The molecule has 9 rings (SSSR count). The molecule has 4 nitrogen and oxygen atoms in total. The average Bonchev–Trinajstić information content (AvgIpc) is 3.34. The standard InChI is InChI=1S/C65H64N2O2/c1-44(2)63(68)69-60-34-30-57(31-35-60)67(59-33-37-62(49(7)43-59)51-18-12-46(4)13-19-51)56-28-22-53(23-29-56)65(40-38-64(8,9)39-41-65)52-20-26-55(27-21-52)66(54-24-14-47(5)15-25-54)58-32-36-61(48(6)42-58)50-16-10-45(3)11-17-50/h10-37,42-43H,1,38-41H2,2-9H3. The predicted octanol–water partition coefficient (Wildman–Crippen LogP) is 17.9. The van der Waals surface area contributed by atoms with Crippen LogP contribution < -0.4 is 14.5 Å². The van der Waals surface area contributed by atoms with E-state index >= 15 is 0 Å². The Kier molecular flexibility index (Phi) is 13.0. The van der Waals surface area contributed by atoms with Crippen LogP contribution >= 0.6 is 0 Å². The topological polar surface area (TPSA) is 32.8 Å². The van der Waals surface area contributed by atoms with Gasteiger partial charge in [0.1, 0.15) is 5.75 Å². The normalized spacial score (nSPS) is 13.9. The SMILES string of the molecule is C=C(C)C(=O)Oc1ccc(N(c2ccc(C3(c4ccc(N(c5ccc(C)cc5)c5ccc(-c6ccc(C)cc6)c(C)c5)cc4)CCC(C)(C)CC3)cc2)c2ccc(-c3ccc(C)cc3)c(C)c2)cc1. The first kappa shape index (κ1) is 46.7. The van der Waals surface area contributed by atoms with Crippen LogP contribution in [0.15, 0.2) is 194 Å². The lowest BCUT2D eigenvalue weighted by molar-refractivity contribution is -0.130. The number of esters is 1. The van der Waals surface area contributed by atoms with Crippen LogP contribution in [-0.2, 0) is 10.2 Å². The highest BCUT2D eigenvalue weighted by molar-refractivity contribution is 5.89. The monoisotopic (exact) mass is 904 g/mol. The van der Waals surface area contributed by atoms with Gasteiger partial charge in [0.2, 0.25) is 0 Å². The van der Waals surface area contributed by atoms with Gasteiger partial charge in [-0.25, -0.2) is 4.79 Å². The first-order valence-electron chi connectivity index (χ1n) is 24.4. The van der Waals surface area contributed by atoms with Crippen molar-refractivity contribution in [2.24, 2.45) is 5.41 Å². The molecule has 0 unspecified atom stereocenters. The van der Waals surface area contributed by atoms with Crippen molar-refractivity contribution in [1.29, 1.82) is 0 Å². The second kappa shape index (κ2) is 19.3. The fourth-order valence-electron chi connectivity index (χ4n) is 10.1. The van der Waals surface area contributed by atoms with Gasteiger partial charge in [-0.2, -0.15) is 0 Å². The summed E-state index contributed by atoms with van der Waals surface area (Å²) in [4.78, 5) is 17.1. The Hall–Kier alpha value is -7.43. The van der Waals surface area contributed by atoms with E-state index in [2.05, 4.69) is 223 Å². The van der Waals surface area contributed by atoms with Gasteiger partial charge in [-0.15, -0.1) is 0 Å². The lowest BCUT2D eigenvalue weighted by atomic mass is 9.59. The molecule has 0 aliphatic heterocycles. The Morgan fingerprint density at radius 2 is 0.783 bits per heavy atom. The van der Waals surface area contributed by atoms with Gasteiger partial charge in [-0.1, -0.05) is 134 Å². The largest absolute Gasteiger partial charge is 0.423 e. The fraction of sp³-hybridized carbons (Fsp3) is 0.215. The van der Waals surface area contributed by atoms with Crippen molar-refractivity contribution in [2.45, 2.75) is 86.5 Å². The molecule has 1 aliphatic carbocycles. The van der Waals surface area contributed by atoms with Gasteiger partial charge in [-0.05, 0) is 202 Å². The van der Waals surface area contributed by atoms with Crippen molar-refractivity contribution in [3.63, 3.8) is 0 Å². The van der Waals surface area contributed by atoms with Gasteiger partial charge in [0.25, 0.3) is 0 Å². The van der Waals surface area contributed by atoms with E-state index in [4.69, 9.17) is 4.74 Å². The molecule has 0 heterocycles. The number of carbonyl (C=O) groups excluding carboxylic acids is 1. The molecule has 0 radical (unpaired) electrons. The van der Waals surface area contributed by atoms with Crippen LogP contribution in [0.1, 0.15) is 85.4 Å². The van der Waals surface area contributed by atoms with E-state index in [-0.39, 0.29) is 10.8 Å². The quantitative estimate of drug-likeness (QED) is 0.0695. The number of ether oxygens (including phenoxy) is 1. The highest BCUT2D eigenvalue weighted by atomic mass is 16.5. The maximum absolute atomic E-state index is 12.4. The third-order valence-electron chi connectivity index (χ3n) is 14.4. The van der Waals surface area contributed by atoms with Crippen molar-refractivity contribution in [3.05, 3.63) is 233 Å². The number of hydrogen-bond acceptors (Lipinski definition) is 4. The Bertz CT molecular complexity index is 3100. The third-order valence-corrected chi connectivity index (χ3v) is 14.4. The second-order valence-corrected chi connectivity index (χ2v) is 20.2. The molecule has 0 spiro atoms. The molecule has 0 N–H and O–H groups in total. The number of rotatable bonds is 12. The molecule has 0 aromatic heterocycles. The van der Waals surface area contributed by atoms with Gasteiger partial charge in [0, 0.05) is 45.1 Å². The molecule has 8 aromatic rings. The Balaban J connectivity index is 1.08. The minimum absolute atomic E-state index is 0.153. The van der Waals surface area contributed by atoms with Crippen molar-refractivity contribution in [2.75, 3.05) is 9.80 Å². The molecule has 0 amide bonds. The zero-order valence-electron chi connectivity index (χ0n) is 41.6. The summed E-state index contributed by atoms with van der Waals surface area (Å²) < 4.78 is 5.60. The maximum atomic E-state index is 12.4. The Morgan fingerprint density at radius 1 is 0.449 bits per heavy atom. The smallest absolute Gasteiger partial charge is 0.338 e. The molecule has 0 atom stereocenters. The zero-order valence-corrected chi connectivity index (χ0v) is 41.6. The molecule has 0 saturated heterocycles. The summed E-state index contributed by atoms with van der Waals surface area (Å²) in [5, 5.41) is 0. The average molecular weight is 905 g/mol. The fourth-order valence-corrected chi connectivity index (χ4v) is 10.1. The summed E-state index contributed by atoms with van der Waals surface area (Å²) in [6.07, 6.45) is 4.40. The lowest BCUT2D eigenvalue weighted by Crippen LogP contribution is -2.36. The lowest BCUT2D eigenvalue weighted by Gasteiger charge is -2.45. The minimum Gasteiger partial charge on any atom is -0.423 e. The highest BCUT2D eigenvalue weighted by Crippen LogP contribution is 2.52. The van der Waals surface area contributed by atoms with E-state index in [1.165, 1.54) is 61.2 Å². The van der Waals surface area contributed by atoms with Gasteiger partial charge >= 0.3 is 5.97 Å². The van der Waals surface area contributed by atoms with Crippen LogP contribution in [0.2, 0.25) is 0 Å². The molecule has 69 heavy (non-hydrogen) atoms. The third kappa shape index (κ3) is 9.94. The van der Waals surface area contributed by atoms with Crippen LogP contribution in [0.3, 0.4) is 0 Å². The maximum Gasteiger partial charge on any atom is 0.338 e. The summed E-state index contributed by atoms with van der Waals surface area (Å²) in [5.74, 6) is 0.0454. The second-order valence-electron chi connectivity index (χ2n) is 20.2. The first-order chi connectivity index (χ1) is 33.2. The summed E-state index contributed by atoms with van der Waals surface area (Å²) >= 11 is 0. The van der Waals surface area contributed by atoms with Crippen molar-refractivity contribution < 1.29 is 9.53 Å². The molecule has 8 aromatic carbocycles. The van der Waals surface area contributed by atoms with Gasteiger partial charge in [0.15, 0.2) is 0 Å². The van der Waals surface area contributed by atoms with Crippen LogP contribution in [0, 0.1) is 40.0 Å². The molecule has 1 aliphatic rings. The summed E-state index contributed by atoms with van der Waals surface area (Å²) in [7, 11) is 0. The predicted molar refractivity (Wildman–Crippen MR) is 290 cm³/mol. The highest BCUT2D eigenvalue weighted by Gasteiger charge is 2.41. The minimum atomic E-state index is -0.435. The molecular formula is C65H64N2O2. The molecule has 0 bridgehead atoms. The molecule has 346 valence electrons. The van der Waals surface area contributed by atoms with E-state index in [0.717, 1.165) is 59.8 Å². The Morgan fingerprint density at radius 3 is 1.14 bits per heavy atom. The molecule has 1 fully saturated rings. The molecular weight excluding hydrogens is 841 g/mol. The van der Waals surface area contributed by atoms with E-state index in [1.807, 2.05) is 24.3 Å². The van der Waals surface area contributed by atoms with Crippen LogP contribution in [0.25, 0.3) is 22.3 Å². The van der Waals surface area contributed by atoms with E-state index < -0.39 is 5.97 Å². The summed E-state index contributed by atoms with van der Waals surface area (Å²) in [6, 6.07) is 66.4. The first-order valence-corrected chi connectivity index (χ1v) is 24.4. The number of nitrogens with zero attached hydrogens (tertiary/aromatic N) is 2. The van der Waals surface area contributed by atoms with Crippen molar-refractivity contribution in [3.8, 4) is 28.0 Å². The van der Waals surface area contributed by atoms with Gasteiger partial charge < -0.3 is 14.5 Å². The summed E-state index contributed by atoms with van der Waals surface area (Å²) in [6.45, 7) is 21.1. The van der Waals surface area contributed by atoms with E-state index in [9.17, 15) is 4.79 Å². The van der Waals surface area contributed by atoms with E-state index in [0.29, 0.717) is 11.3 Å². The molecule has 4 heteroatoms. The summed E-state index contributed by atoms with van der Waals surface area (Å²) in [5.41, 5.74) is 20.7. The number of benzene rings is 8.